The molecule has 0 saturated carbocycles. The van der Waals surface area contributed by atoms with Crippen molar-refractivity contribution in [3.63, 3.8) is 0 Å². The van der Waals surface area contributed by atoms with Crippen LogP contribution in [0.2, 0.25) is 0 Å². The van der Waals surface area contributed by atoms with Crippen LogP contribution in [0.3, 0.4) is 0 Å². The second-order valence-corrected chi connectivity index (χ2v) is 3.77. The average Bonchev–Trinajstić information content (AvgIpc) is 2.38. The summed E-state index contributed by atoms with van der Waals surface area (Å²) in [4.78, 5) is 11.4. The summed E-state index contributed by atoms with van der Waals surface area (Å²) in [5.74, 6) is -3.68. The molecule has 2 N–H and O–H groups in total. The van der Waals surface area contributed by atoms with Gasteiger partial charge in [0.15, 0.2) is 0 Å². The summed E-state index contributed by atoms with van der Waals surface area (Å²) >= 11 is 0. The normalized spacial score (nSPS) is 11.3. The second-order valence-electron chi connectivity index (χ2n) is 3.77. The van der Waals surface area contributed by atoms with Crippen molar-refractivity contribution in [2.45, 2.75) is 12.5 Å². The highest BCUT2D eigenvalue weighted by molar-refractivity contribution is 5.90. The standard InChI is InChI=1S/C12H15F2NO3/c1-18-11(17)10-5-3-2-4-9(10)6-15-7-12(13,14)8-16/h2-5,15-16H,6-8H2,1H3. The molecule has 18 heavy (non-hydrogen) atoms. The van der Waals surface area contributed by atoms with Crippen LogP contribution in [0.25, 0.3) is 0 Å². The summed E-state index contributed by atoms with van der Waals surface area (Å²) < 4.78 is 30.1. The van der Waals surface area contributed by atoms with E-state index in [-0.39, 0.29) is 6.54 Å². The molecule has 0 saturated heterocycles. The predicted molar refractivity (Wildman–Crippen MR) is 61.5 cm³/mol. The molecular weight excluding hydrogens is 244 g/mol. The summed E-state index contributed by atoms with van der Waals surface area (Å²) in [6, 6.07) is 6.58. The van der Waals surface area contributed by atoms with Crippen LogP contribution < -0.4 is 5.32 Å². The van der Waals surface area contributed by atoms with Crippen LogP contribution in [0.4, 0.5) is 8.78 Å². The topological polar surface area (TPSA) is 58.6 Å². The van der Waals surface area contributed by atoms with Crippen LogP contribution in [-0.4, -0.2) is 37.3 Å². The van der Waals surface area contributed by atoms with Gasteiger partial charge in [-0.3, -0.25) is 0 Å². The molecule has 1 rings (SSSR count). The lowest BCUT2D eigenvalue weighted by Gasteiger charge is -2.14. The van der Waals surface area contributed by atoms with Crippen molar-refractivity contribution < 1.29 is 23.4 Å². The summed E-state index contributed by atoms with van der Waals surface area (Å²) in [6.07, 6.45) is 0. The third-order valence-electron chi connectivity index (χ3n) is 2.35. The lowest BCUT2D eigenvalue weighted by Crippen LogP contribution is -2.35. The van der Waals surface area contributed by atoms with Crippen molar-refractivity contribution in [2.24, 2.45) is 0 Å². The minimum Gasteiger partial charge on any atom is -0.465 e. The minimum atomic E-state index is -3.17. The highest BCUT2D eigenvalue weighted by Crippen LogP contribution is 2.12. The maximum Gasteiger partial charge on any atom is 0.338 e. The zero-order valence-electron chi connectivity index (χ0n) is 9.95. The van der Waals surface area contributed by atoms with Gasteiger partial charge in [-0.05, 0) is 11.6 Å². The van der Waals surface area contributed by atoms with Crippen LogP contribution in [0.5, 0.6) is 0 Å². The molecule has 0 unspecified atom stereocenters. The van der Waals surface area contributed by atoms with Gasteiger partial charge in [-0.25, -0.2) is 13.6 Å². The minimum absolute atomic E-state index is 0.0981. The number of hydrogen-bond acceptors (Lipinski definition) is 4. The molecule has 0 amide bonds. The smallest absolute Gasteiger partial charge is 0.338 e. The van der Waals surface area contributed by atoms with Gasteiger partial charge < -0.3 is 15.2 Å². The average molecular weight is 259 g/mol. The molecule has 0 aliphatic heterocycles. The molecule has 0 heterocycles. The molecule has 0 aliphatic rings. The number of esters is 1. The second kappa shape index (κ2) is 6.42. The Kier molecular flexibility index (Phi) is 5.18. The van der Waals surface area contributed by atoms with Crippen molar-refractivity contribution in [1.82, 2.24) is 5.32 Å². The number of aliphatic hydroxyl groups is 1. The lowest BCUT2D eigenvalue weighted by atomic mass is 10.1. The predicted octanol–water partition coefficient (Wildman–Crippen LogP) is 1.19. The molecule has 0 atom stereocenters. The van der Waals surface area contributed by atoms with E-state index in [0.29, 0.717) is 11.1 Å². The van der Waals surface area contributed by atoms with Crippen molar-refractivity contribution in [3.8, 4) is 0 Å². The number of hydrogen-bond donors (Lipinski definition) is 2. The van der Waals surface area contributed by atoms with Gasteiger partial charge in [0.2, 0.25) is 0 Å². The summed E-state index contributed by atoms with van der Waals surface area (Å²) in [7, 11) is 1.26. The molecule has 0 spiro atoms. The fraction of sp³-hybridized carbons (Fsp3) is 0.417. The Bertz CT molecular complexity index is 410. The van der Waals surface area contributed by atoms with E-state index in [0.717, 1.165) is 0 Å². The molecule has 0 aromatic heterocycles. The molecule has 1 aromatic carbocycles. The number of methoxy groups -OCH3 is 1. The Morgan fingerprint density at radius 2 is 2.11 bits per heavy atom. The van der Waals surface area contributed by atoms with Gasteiger partial charge in [0.1, 0.15) is 6.61 Å². The van der Waals surface area contributed by atoms with Gasteiger partial charge in [0, 0.05) is 6.54 Å². The van der Waals surface area contributed by atoms with Crippen molar-refractivity contribution in [3.05, 3.63) is 35.4 Å². The van der Waals surface area contributed by atoms with Crippen LogP contribution in [-0.2, 0) is 11.3 Å². The van der Waals surface area contributed by atoms with Crippen LogP contribution in [0, 0.1) is 0 Å². The molecule has 100 valence electrons. The fourth-order valence-electron chi connectivity index (χ4n) is 1.42. The van der Waals surface area contributed by atoms with E-state index >= 15 is 0 Å². The number of aliphatic hydroxyl groups excluding tert-OH is 1. The first-order valence-corrected chi connectivity index (χ1v) is 5.36. The zero-order chi connectivity index (χ0) is 13.6. The molecule has 0 radical (unpaired) electrons. The highest BCUT2D eigenvalue weighted by Gasteiger charge is 2.26. The molecular formula is C12H15F2NO3. The van der Waals surface area contributed by atoms with E-state index in [4.69, 9.17) is 5.11 Å². The van der Waals surface area contributed by atoms with E-state index in [1.54, 1.807) is 24.3 Å². The number of halogens is 2. The van der Waals surface area contributed by atoms with Crippen LogP contribution in [0.15, 0.2) is 24.3 Å². The Hall–Kier alpha value is -1.53. The number of carbonyl (C=O) groups excluding carboxylic acids is 1. The number of benzene rings is 1. The van der Waals surface area contributed by atoms with Gasteiger partial charge in [-0.2, -0.15) is 0 Å². The Morgan fingerprint density at radius 1 is 1.44 bits per heavy atom. The third kappa shape index (κ3) is 4.05. The van der Waals surface area contributed by atoms with Gasteiger partial charge in [0.05, 0.1) is 19.2 Å². The Morgan fingerprint density at radius 3 is 2.72 bits per heavy atom. The summed E-state index contributed by atoms with van der Waals surface area (Å²) in [6.45, 7) is -1.77. The zero-order valence-corrected chi connectivity index (χ0v) is 9.95. The first-order valence-electron chi connectivity index (χ1n) is 5.36. The molecule has 0 fully saturated rings. The summed E-state index contributed by atoms with van der Waals surface area (Å²) in [5, 5.41) is 10.9. The molecule has 4 nitrogen and oxygen atoms in total. The van der Waals surface area contributed by atoms with Gasteiger partial charge in [0.25, 0.3) is 5.92 Å². The molecule has 0 bridgehead atoms. The molecule has 1 aromatic rings. The van der Waals surface area contributed by atoms with Crippen molar-refractivity contribution in [1.29, 1.82) is 0 Å². The molecule has 0 aliphatic carbocycles. The SMILES string of the molecule is COC(=O)c1ccccc1CNCC(F)(F)CO. The Balaban J connectivity index is 2.65. The quantitative estimate of drug-likeness (QED) is 0.753. The lowest BCUT2D eigenvalue weighted by molar-refractivity contribution is -0.0477. The number of ether oxygens (including phenoxy) is 1. The maximum absolute atomic E-state index is 12.8. The monoisotopic (exact) mass is 259 g/mol. The van der Waals surface area contributed by atoms with Gasteiger partial charge >= 0.3 is 5.97 Å². The van der Waals surface area contributed by atoms with E-state index in [1.165, 1.54) is 7.11 Å². The van der Waals surface area contributed by atoms with E-state index in [2.05, 4.69) is 10.1 Å². The number of alkyl halides is 2. The van der Waals surface area contributed by atoms with E-state index in [9.17, 15) is 13.6 Å². The molecule has 6 heteroatoms. The fourth-order valence-corrected chi connectivity index (χ4v) is 1.42. The summed E-state index contributed by atoms with van der Waals surface area (Å²) in [5.41, 5.74) is 0.901. The van der Waals surface area contributed by atoms with Gasteiger partial charge in [-0.15, -0.1) is 0 Å². The number of carbonyl (C=O) groups is 1. The third-order valence-corrected chi connectivity index (χ3v) is 2.35. The van der Waals surface area contributed by atoms with Crippen LogP contribution in [0.1, 0.15) is 15.9 Å². The van der Waals surface area contributed by atoms with E-state index < -0.39 is 25.0 Å². The largest absolute Gasteiger partial charge is 0.465 e. The Labute approximate surface area is 104 Å². The maximum atomic E-state index is 12.8. The van der Waals surface area contributed by atoms with Crippen LogP contribution >= 0.6 is 0 Å². The number of nitrogens with one attached hydrogen (secondary N) is 1. The van der Waals surface area contributed by atoms with Crippen molar-refractivity contribution in [2.75, 3.05) is 20.3 Å². The van der Waals surface area contributed by atoms with E-state index in [1.807, 2.05) is 0 Å². The van der Waals surface area contributed by atoms with Crippen molar-refractivity contribution >= 4 is 5.97 Å². The first kappa shape index (κ1) is 14.5. The number of rotatable bonds is 6. The van der Waals surface area contributed by atoms with Gasteiger partial charge in [-0.1, -0.05) is 18.2 Å². The first-order chi connectivity index (χ1) is 8.50. The highest BCUT2D eigenvalue weighted by atomic mass is 19.3.